The van der Waals surface area contributed by atoms with Gasteiger partial charge in [-0.3, -0.25) is 0 Å². The van der Waals surface area contributed by atoms with Crippen molar-refractivity contribution >= 4 is 28.9 Å². The zero-order chi connectivity index (χ0) is 11.6. The third-order valence-electron chi connectivity index (χ3n) is 2.29. The second-order valence-electron chi connectivity index (χ2n) is 3.22. The first-order chi connectivity index (χ1) is 7.09. The van der Waals surface area contributed by atoms with Crippen molar-refractivity contribution in [1.82, 2.24) is 4.90 Å². The summed E-state index contributed by atoms with van der Waals surface area (Å²) in [5.74, 6) is 0. The van der Waals surface area contributed by atoms with E-state index in [0.29, 0.717) is 10.0 Å². The Labute approximate surface area is 101 Å². The van der Waals surface area contributed by atoms with Crippen LogP contribution in [0.15, 0.2) is 18.7 Å². The Kier molecular flexibility index (Phi) is 4.06. The molecule has 2 rings (SSSR count). The summed E-state index contributed by atoms with van der Waals surface area (Å²) in [5.41, 5.74) is 3.16. The quantitative estimate of drug-likeness (QED) is 0.652. The topological polar surface area (TPSA) is 3.24 Å². The highest BCUT2D eigenvalue weighted by molar-refractivity contribution is 6.36. The molecule has 0 aromatic heterocycles. The molecule has 3 heteroatoms. The number of hydrogen-bond acceptors (Lipinski definition) is 1. The lowest BCUT2D eigenvalue weighted by molar-refractivity contribution is 0.501. The number of hydrogen-bond donors (Lipinski definition) is 0. The Morgan fingerprint density at radius 1 is 1.27 bits per heavy atom. The van der Waals surface area contributed by atoms with E-state index in [4.69, 9.17) is 23.2 Å². The first-order valence-corrected chi connectivity index (χ1v) is 5.73. The first kappa shape index (κ1) is 12.4. The highest BCUT2D eigenvalue weighted by atomic mass is 35.5. The summed E-state index contributed by atoms with van der Waals surface area (Å²) in [7, 11) is 1.99. The van der Waals surface area contributed by atoms with Gasteiger partial charge in [0.25, 0.3) is 0 Å². The number of fused-ring (bicyclic) bond motifs is 1. The molecule has 82 valence electrons. The van der Waals surface area contributed by atoms with E-state index in [9.17, 15) is 0 Å². The third-order valence-corrected chi connectivity index (χ3v) is 2.81. The zero-order valence-corrected chi connectivity index (χ0v) is 10.8. The lowest BCUT2D eigenvalue weighted by atomic mass is 10.1. The predicted octanol–water partition coefficient (Wildman–Crippen LogP) is 4.44. The van der Waals surface area contributed by atoms with Crippen LogP contribution in [-0.2, 0) is 6.54 Å². The molecule has 0 amide bonds. The van der Waals surface area contributed by atoms with Gasteiger partial charge in [0, 0.05) is 29.9 Å². The minimum atomic E-state index is 0.687. The van der Waals surface area contributed by atoms with Crippen LogP contribution < -0.4 is 0 Å². The standard InChI is InChI=1S/C10H9Cl2N.C2H6/c1-6-10-7(5-13(6)2)3-8(11)4-9(10)12;1-2/h3-4H,1,5H2,2H3;1-2H3. The average molecular weight is 244 g/mol. The van der Waals surface area contributed by atoms with E-state index in [1.54, 1.807) is 6.07 Å². The van der Waals surface area contributed by atoms with E-state index in [2.05, 4.69) is 11.5 Å². The molecule has 1 aromatic rings. The van der Waals surface area contributed by atoms with Crippen molar-refractivity contribution in [2.24, 2.45) is 0 Å². The van der Waals surface area contributed by atoms with Gasteiger partial charge in [-0.2, -0.15) is 0 Å². The molecule has 1 aromatic carbocycles. The Hall–Kier alpha value is -0.660. The summed E-state index contributed by atoms with van der Waals surface area (Å²) in [5, 5.41) is 1.38. The summed E-state index contributed by atoms with van der Waals surface area (Å²) < 4.78 is 0. The third kappa shape index (κ3) is 2.30. The lowest BCUT2D eigenvalue weighted by Crippen LogP contribution is -2.06. The molecule has 0 unspecified atom stereocenters. The maximum absolute atomic E-state index is 6.06. The minimum Gasteiger partial charge on any atom is -0.370 e. The second kappa shape index (κ2) is 4.91. The highest BCUT2D eigenvalue weighted by Crippen LogP contribution is 2.37. The van der Waals surface area contributed by atoms with Gasteiger partial charge >= 0.3 is 0 Å². The molecule has 0 saturated heterocycles. The molecule has 1 nitrogen and oxygen atoms in total. The van der Waals surface area contributed by atoms with Crippen molar-refractivity contribution < 1.29 is 0 Å². The van der Waals surface area contributed by atoms with E-state index in [1.165, 1.54) is 0 Å². The van der Waals surface area contributed by atoms with E-state index >= 15 is 0 Å². The molecular formula is C12H15Cl2N. The maximum Gasteiger partial charge on any atom is 0.0517 e. The summed E-state index contributed by atoms with van der Waals surface area (Å²) >= 11 is 12.0. The van der Waals surface area contributed by atoms with Crippen molar-refractivity contribution in [3.8, 4) is 0 Å². The van der Waals surface area contributed by atoms with E-state index in [1.807, 2.05) is 27.0 Å². The second-order valence-corrected chi connectivity index (χ2v) is 4.07. The van der Waals surface area contributed by atoms with Crippen LogP contribution in [0.25, 0.3) is 5.70 Å². The fourth-order valence-corrected chi connectivity index (χ4v) is 2.26. The van der Waals surface area contributed by atoms with Gasteiger partial charge < -0.3 is 4.90 Å². The van der Waals surface area contributed by atoms with Crippen molar-refractivity contribution in [3.05, 3.63) is 39.9 Å². The van der Waals surface area contributed by atoms with Gasteiger partial charge in [0.15, 0.2) is 0 Å². The molecule has 0 radical (unpaired) electrons. The number of benzene rings is 1. The minimum absolute atomic E-state index is 0.687. The Morgan fingerprint density at radius 2 is 1.87 bits per heavy atom. The summed E-state index contributed by atoms with van der Waals surface area (Å²) in [6.07, 6.45) is 0. The lowest BCUT2D eigenvalue weighted by Gasteiger charge is -2.10. The summed E-state index contributed by atoms with van der Waals surface area (Å²) in [6, 6.07) is 3.70. The molecule has 1 heterocycles. The van der Waals surface area contributed by atoms with Crippen LogP contribution in [0.4, 0.5) is 0 Å². The van der Waals surface area contributed by atoms with Crippen LogP contribution in [0.1, 0.15) is 25.0 Å². The van der Waals surface area contributed by atoms with Crippen LogP contribution in [0.3, 0.4) is 0 Å². The van der Waals surface area contributed by atoms with Gasteiger partial charge in [-0.15, -0.1) is 0 Å². The summed E-state index contributed by atoms with van der Waals surface area (Å²) in [6.45, 7) is 8.81. The molecule has 0 bridgehead atoms. The predicted molar refractivity (Wildman–Crippen MR) is 68.3 cm³/mol. The van der Waals surface area contributed by atoms with E-state index < -0.39 is 0 Å². The van der Waals surface area contributed by atoms with E-state index in [-0.39, 0.29) is 0 Å². The van der Waals surface area contributed by atoms with Gasteiger partial charge in [0.1, 0.15) is 0 Å². The Balaban J connectivity index is 0.000000531. The molecule has 1 aliphatic rings. The van der Waals surface area contributed by atoms with Gasteiger partial charge in [0.2, 0.25) is 0 Å². The number of halogens is 2. The Bertz CT molecular complexity index is 385. The molecule has 0 aliphatic carbocycles. The fraction of sp³-hybridized carbons (Fsp3) is 0.333. The number of nitrogens with zero attached hydrogens (tertiary/aromatic N) is 1. The molecule has 0 N–H and O–H groups in total. The van der Waals surface area contributed by atoms with Crippen LogP contribution in [0, 0.1) is 0 Å². The van der Waals surface area contributed by atoms with Crippen molar-refractivity contribution in [2.75, 3.05) is 7.05 Å². The van der Waals surface area contributed by atoms with Gasteiger partial charge in [-0.25, -0.2) is 0 Å². The van der Waals surface area contributed by atoms with Crippen LogP contribution in [0.5, 0.6) is 0 Å². The van der Waals surface area contributed by atoms with Gasteiger partial charge in [0.05, 0.1) is 5.02 Å². The van der Waals surface area contributed by atoms with Crippen molar-refractivity contribution in [1.29, 1.82) is 0 Å². The van der Waals surface area contributed by atoms with Crippen molar-refractivity contribution in [3.63, 3.8) is 0 Å². The highest BCUT2D eigenvalue weighted by Gasteiger charge is 2.22. The Morgan fingerprint density at radius 3 is 2.47 bits per heavy atom. The van der Waals surface area contributed by atoms with Crippen LogP contribution in [-0.4, -0.2) is 11.9 Å². The summed E-state index contributed by atoms with van der Waals surface area (Å²) in [4.78, 5) is 2.06. The molecule has 1 aliphatic heterocycles. The molecule has 0 spiro atoms. The molecule has 15 heavy (non-hydrogen) atoms. The normalized spacial score (nSPS) is 13.4. The molecular weight excluding hydrogens is 229 g/mol. The van der Waals surface area contributed by atoms with Crippen molar-refractivity contribution in [2.45, 2.75) is 20.4 Å². The SMILES string of the molecule is C=C1c2c(Cl)cc(Cl)cc2CN1C.CC. The molecule has 0 fully saturated rings. The van der Waals surface area contributed by atoms with Crippen LogP contribution >= 0.6 is 23.2 Å². The zero-order valence-electron chi connectivity index (χ0n) is 9.27. The average Bonchev–Trinajstić information content (AvgIpc) is 2.45. The van der Waals surface area contributed by atoms with Gasteiger partial charge in [-0.05, 0) is 17.7 Å². The maximum atomic E-state index is 6.06. The molecule has 0 saturated carbocycles. The van der Waals surface area contributed by atoms with Gasteiger partial charge in [-0.1, -0.05) is 43.6 Å². The molecule has 0 atom stereocenters. The first-order valence-electron chi connectivity index (χ1n) is 4.98. The largest absolute Gasteiger partial charge is 0.370 e. The van der Waals surface area contributed by atoms with E-state index in [0.717, 1.165) is 23.4 Å². The monoisotopic (exact) mass is 243 g/mol. The number of rotatable bonds is 0. The van der Waals surface area contributed by atoms with Crippen LogP contribution in [0.2, 0.25) is 10.0 Å². The fourth-order valence-electron chi connectivity index (χ4n) is 1.62. The smallest absolute Gasteiger partial charge is 0.0517 e.